The first-order chi connectivity index (χ1) is 7.92. The van der Waals surface area contributed by atoms with Crippen LogP contribution in [-0.4, -0.2) is 25.3 Å². The van der Waals surface area contributed by atoms with Gasteiger partial charge in [0.15, 0.2) is 0 Å². The van der Waals surface area contributed by atoms with E-state index in [0.717, 1.165) is 12.5 Å². The van der Waals surface area contributed by atoms with Gasteiger partial charge in [0.05, 0.1) is 6.10 Å². The molecule has 1 aliphatic heterocycles. The molecular weight excluding hydrogens is 198 g/mol. The third-order valence-corrected chi connectivity index (χ3v) is 4.22. The minimum absolute atomic E-state index is 0.491. The molecule has 2 fully saturated rings. The Labute approximate surface area is 100 Å². The number of hydrogen-bond donors (Lipinski definition) is 1. The summed E-state index contributed by atoms with van der Waals surface area (Å²) < 4.78 is 6.06. The second-order valence-electron chi connectivity index (χ2n) is 5.37. The molecule has 2 atom stereocenters. The van der Waals surface area contributed by atoms with E-state index >= 15 is 0 Å². The van der Waals surface area contributed by atoms with Crippen LogP contribution >= 0.6 is 0 Å². The van der Waals surface area contributed by atoms with Crippen molar-refractivity contribution in [1.29, 1.82) is 0 Å². The molecule has 0 bridgehead atoms. The monoisotopic (exact) mass is 225 g/mol. The van der Waals surface area contributed by atoms with Gasteiger partial charge in [-0.1, -0.05) is 25.7 Å². The zero-order chi connectivity index (χ0) is 11.2. The van der Waals surface area contributed by atoms with Crippen molar-refractivity contribution in [3.05, 3.63) is 0 Å². The Morgan fingerprint density at radius 2 is 1.81 bits per heavy atom. The van der Waals surface area contributed by atoms with Crippen molar-refractivity contribution < 1.29 is 4.74 Å². The Morgan fingerprint density at radius 1 is 1.06 bits per heavy atom. The summed E-state index contributed by atoms with van der Waals surface area (Å²) in [5.74, 6) is 0.823. The lowest BCUT2D eigenvalue weighted by atomic mass is 9.81. The molecule has 94 valence electrons. The molecule has 2 unspecified atom stereocenters. The van der Waals surface area contributed by atoms with Crippen molar-refractivity contribution in [1.82, 2.24) is 5.32 Å². The summed E-state index contributed by atoms with van der Waals surface area (Å²) in [6.07, 6.45) is 11.6. The Hall–Kier alpha value is -0.0800. The Morgan fingerprint density at radius 3 is 2.44 bits per heavy atom. The molecule has 2 aliphatic rings. The largest absolute Gasteiger partial charge is 0.377 e. The van der Waals surface area contributed by atoms with E-state index < -0.39 is 0 Å². The summed E-state index contributed by atoms with van der Waals surface area (Å²) in [6, 6.07) is 0.636. The minimum atomic E-state index is 0.491. The Kier molecular flexibility index (Phi) is 5.11. The predicted octanol–water partition coefficient (Wildman–Crippen LogP) is 3.11. The molecule has 0 radical (unpaired) electrons. The van der Waals surface area contributed by atoms with Gasteiger partial charge in [0, 0.05) is 12.6 Å². The molecule has 1 aliphatic carbocycles. The van der Waals surface area contributed by atoms with Crippen LogP contribution in [0.15, 0.2) is 0 Å². The fraction of sp³-hybridized carbons (Fsp3) is 1.00. The van der Waals surface area contributed by atoms with E-state index in [4.69, 9.17) is 4.74 Å². The maximum atomic E-state index is 6.06. The highest BCUT2D eigenvalue weighted by atomic mass is 16.5. The molecule has 1 heterocycles. The summed E-state index contributed by atoms with van der Waals surface area (Å²) in [4.78, 5) is 0. The normalized spacial score (nSPS) is 30.2. The number of nitrogens with one attached hydrogen (secondary N) is 1. The first-order valence-corrected chi connectivity index (χ1v) is 7.27. The third kappa shape index (κ3) is 3.21. The van der Waals surface area contributed by atoms with Gasteiger partial charge in [0.25, 0.3) is 0 Å². The van der Waals surface area contributed by atoms with Gasteiger partial charge in [0.2, 0.25) is 0 Å². The summed E-state index contributed by atoms with van der Waals surface area (Å²) in [5, 5.41) is 3.68. The van der Waals surface area contributed by atoms with Crippen LogP contribution in [0.1, 0.15) is 58.3 Å². The molecule has 1 N–H and O–H groups in total. The molecule has 1 saturated heterocycles. The van der Waals surface area contributed by atoms with Crippen molar-refractivity contribution >= 4 is 0 Å². The van der Waals surface area contributed by atoms with Crippen LogP contribution in [0.3, 0.4) is 0 Å². The molecule has 2 nitrogen and oxygen atoms in total. The fourth-order valence-corrected chi connectivity index (χ4v) is 3.40. The molecular formula is C14H27NO. The second kappa shape index (κ2) is 6.61. The van der Waals surface area contributed by atoms with E-state index in [1.807, 2.05) is 0 Å². The lowest BCUT2D eigenvalue weighted by Gasteiger charge is -2.37. The van der Waals surface area contributed by atoms with E-state index in [1.165, 1.54) is 57.9 Å². The molecule has 16 heavy (non-hydrogen) atoms. The van der Waals surface area contributed by atoms with Crippen LogP contribution in [0.25, 0.3) is 0 Å². The highest BCUT2D eigenvalue weighted by molar-refractivity contribution is 4.86. The highest BCUT2D eigenvalue weighted by Crippen LogP contribution is 2.31. The van der Waals surface area contributed by atoms with Gasteiger partial charge < -0.3 is 10.1 Å². The molecule has 0 amide bonds. The van der Waals surface area contributed by atoms with Gasteiger partial charge in [-0.15, -0.1) is 0 Å². The van der Waals surface area contributed by atoms with Gasteiger partial charge in [-0.3, -0.25) is 0 Å². The summed E-state index contributed by atoms with van der Waals surface area (Å²) >= 11 is 0. The predicted molar refractivity (Wildman–Crippen MR) is 67.6 cm³/mol. The quantitative estimate of drug-likeness (QED) is 0.794. The van der Waals surface area contributed by atoms with E-state index in [-0.39, 0.29) is 0 Å². The molecule has 0 aromatic rings. The van der Waals surface area contributed by atoms with Gasteiger partial charge in [-0.25, -0.2) is 0 Å². The zero-order valence-corrected chi connectivity index (χ0v) is 10.7. The third-order valence-electron chi connectivity index (χ3n) is 4.22. The zero-order valence-electron chi connectivity index (χ0n) is 10.7. The first kappa shape index (κ1) is 12.4. The van der Waals surface area contributed by atoms with E-state index in [2.05, 4.69) is 12.2 Å². The van der Waals surface area contributed by atoms with E-state index in [9.17, 15) is 0 Å². The van der Waals surface area contributed by atoms with Crippen molar-refractivity contribution in [3.8, 4) is 0 Å². The number of ether oxygens (including phenoxy) is 1. The topological polar surface area (TPSA) is 21.3 Å². The standard InChI is InChI=1S/C14H27NO/c1-2-16-14(12-8-4-3-5-9-12)13-10-6-7-11-15-13/h12-15H,2-11H2,1H3. The fourth-order valence-electron chi connectivity index (χ4n) is 3.40. The first-order valence-electron chi connectivity index (χ1n) is 7.27. The van der Waals surface area contributed by atoms with Crippen molar-refractivity contribution in [2.45, 2.75) is 70.4 Å². The van der Waals surface area contributed by atoms with E-state index in [1.54, 1.807) is 0 Å². The molecule has 0 aromatic heterocycles. The number of hydrogen-bond acceptors (Lipinski definition) is 2. The summed E-state index contributed by atoms with van der Waals surface area (Å²) in [7, 11) is 0. The molecule has 1 saturated carbocycles. The molecule has 2 heteroatoms. The number of rotatable bonds is 4. The van der Waals surface area contributed by atoms with Crippen molar-refractivity contribution in [3.63, 3.8) is 0 Å². The van der Waals surface area contributed by atoms with Crippen LogP contribution in [0, 0.1) is 5.92 Å². The maximum absolute atomic E-state index is 6.06. The van der Waals surface area contributed by atoms with Gasteiger partial charge in [0.1, 0.15) is 0 Å². The Balaban J connectivity index is 1.91. The van der Waals surface area contributed by atoms with E-state index in [0.29, 0.717) is 12.1 Å². The van der Waals surface area contributed by atoms with Crippen LogP contribution in [0.2, 0.25) is 0 Å². The average Bonchev–Trinajstić information content (AvgIpc) is 2.38. The highest BCUT2D eigenvalue weighted by Gasteiger charge is 2.31. The maximum Gasteiger partial charge on any atom is 0.0755 e. The lowest BCUT2D eigenvalue weighted by Crippen LogP contribution is -2.48. The summed E-state index contributed by atoms with van der Waals surface area (Å²) in [5.41, 5.74) is 0. The van der Waals surface area contributed by atoms with Crippen molar-refractivity contribution in [2.24, 2.45) is 5.92 Å². The average molecular weight is 225 g/mol. The number of piperidine rings is 1. The smallest absolute Gasteiger partial charge is 0.0755 e. The second-order valence-corrected chi connectivity index (χ2v) is 5.37. The van der Waals surface area contributed by atoms with Gasteiger partial charge >= 0.3 is 0 Å². The molecule has 0 aromatic carbocycles. The molecule has 0 spiro atoms. The SMILES string of the molecule is CCOC(C1CCCCC1)C1CCCCN1. The van der Waals surface area contributed by atoms with Crippen LogP contribution in [0.5, 0.6) is 0 Å². The lowest BCUT2D eigenvalue weighted by molar-refractivity contribution is -0.0230. The molecule has 2 rings (SSSR count). The minimum Gasteiger partial charge on any atom is -0.377 e. The van der Waals surface area contributed by atoms with Gasteiger partial charge in [-0.2, -0.15) is 0 Å². The van der Waals surface area contributed by atoms with Crippen LogP contribution in [0.4, 0.5) is 0 Å². The van der Waals surface area contributed by atoms with Gasteiger partial charge in [-0.05, 0) is 45.1 Å². The van der Waals surface area contributed by atoms with Crippen LogP contribution < -0.4 is 5.32 Å². The van der Waals surface area contributed by atoms with Crippen molar-refractivity contribution in [2.75, 3.05) is 13.2 Å². The van der Waals surface area contributed by atoms with Crippen LogP contribution in [-0.2, 0) is 4.74 Å². The summed E-state index contributed by atoms with van der Waals surface area (Å²) in [6.45, 7) is 4.21. The Bertz CT molecular complexity index is 165.